The van der Waals surface area contributed by atoms with Crippen LogP contribution in [0.2, 0.25) is 0 Å². The lowest BCUT2D eigenvalue weighted by molar-refractivity contribution is -0.138. The molecule has 5 nitrogen and oxygen atoms in total. The fourth-order valence-corrected chi connectivity index (χ4v) is 0.839. The summed E-state index contributed by atoms with van der Waals surface area (Å²) < 4.78 is 9.19. The average Bonchev–Trinajstić information content (AvgIpc) is 2.15. The second-order valence-electron chi connectivity index (χ2n) is 2.57. The van der Waals surface area contributed by atoms with Gasteiger partial charge in [-0.05, 0) is 6.42 Å². The molecule has 0 amide bonds. The number of hydrogen-bond acceptors (Lipinski definition) is 4. The Morgan fingerprint density at radius 1 is 1.57 bits per heavy atom. The second-order valence-corrected chi connectivity index (χ2v) is 2.57. The number of rotatable bonds is 6. The summed E-state index contributed by atoms with van der Waals surface area (Å²) in [6.07, 6.45) is 0.233. The summed E-state index contributed by atoms with van der Waals surface area (Å²) in [6.45, 7) is 5.16. The third-order valence-electron chi connectivity index (χ3n) is 1.57. The maximum absolute atomic E-state index is 10.6. The Balaban J connectivity index is 3.67. The van der Waals surface area contributed by atoms with Gasteiger partial charge in [0.2, 0.25) is 0 Å². The minimum atomic E-state index is -1.31. The third kappa shape index (κ3) is 6.05. The van der Waals surface area contributed by atoms with Crippen molar-refractivity contribution in [3.05, 3.63) is 12.7 Å². The quantitative estimate of drug-likeness (QED) is 0.523. The van der Waals surface area contributed by atoms with E-state index in [2.05, 4.69) is 16.1 Å². The molecule has 5 heteroatoms. The number of hydrogen-bond donors (Lipinski definition) is 1. The molecule has 1 N–H and O–H groups in total. The van der Waals surface area contributed by atoms with Crippen molar-refractivity contribution in [3.8, 4) is 0 Å². The molecule has 0 rings (SSSR count). The first-order valence-electron chi connectivity index (χ1n) is 4.29. The third-order valence-corrected chi connectivity index (χ3v) is 1.57. The molecule has 0 aromatic rings. The fourth-order valence-electron chi connectivity index (χ4n) is 0.839. The van der Waals surface area contributed by atoms with Gasteiger partial charge in [-0.3, -0.25) is 0 Å². The van der Waals surface area contributed by atoms with Crippen molar-refractivity contribution in [2.75, 3.05) is 6.61 Å². The normalized spacial score (nSPS) is 11.5. The van der Waals surface area contributed by atoms with Crippen LogP contribution in [0.1, 0.15) is 19.8 Å². The van der Waals surface area contributed by atoms with E-state index >= 15 is 0 Å². The number of carbonyl (C=O) groups excluding carboxylic acids is 1. The van der Waals surface area contributed by atoms with Gasteiger partial charge in [0.25, 0.3) is 0 Å². The van der Waals surface area contributed by atoms with Gasteiger partial charge in [0, 0.05) is 12.5 Å². The highest BCUT2D eigenvalue weighted by Gasteiger charge is 2.11. The molecule has 1 unspecified atom stereocenters. The lowest BCUT2D eigenvalue weighted by Crippen LogP contribution is -2.18. The van der Waals surface area contributed by atoms with Gasteiger partial charge in [-0.2, -0.15) is 0 Å². The molecule has 0 aliphatic heterocycles. The van der Waals surface area contributed by atoms with Crippen LogP contribution in [0.4, 0.5) is 4.79 Å². The van der Waals surface area contributed by atoms with Crippen LogP contribution < -0.4 is 0 Å². The van der Waals surface area contributed by atoms with Crippen molar-refractivity contribution in [1.29, 1.82) is 0 Å². The van der Waals surface area contributed by atoms with Crippen molar-refractivity contribution in [2.45, 2.75) is 25.9 Å². The lowest BCUT2D eigenvalue weighted by Gasteiger charge is -2.12. The van der Waals surface area contributed by atoms with Gasteiger partial charge in [0.1, 0.15) is 6.10 Å². The molecule has 0 saturated heterocycles. The summed E-state index contributed by atoms with van der Waals surface area (Å²) in [4.78, 5) is 20.8. The SMILES string of the molecule is C=CC(=O)OCCC(CC)OC(=O)O. The van der Waals surface area contributed by atoms with Crippen molar-refractivity contribution in [2.24, 2.45) is 0 Å². The standard InChI is InChI=1S/C9H14O5/c1-3-7(14-9(11)12)5-6-13-8(10)4-2/h4,7H,2-3,5-6H2,1H3,(H,11,12). The van der Waals surface area contributed by atoms with Gasteiger partial charge in [0.15, 0.2) is 0 Å². The zero-order chi connectivity index (χ0) is 11.0. The summed E-state index contributed by atoms with van der Waals surface area (Å²) in [5.74, 6) is -0.518. The smallest absolute Gasteiger partial charge is 0.462 e. The maximum Gasteiger partial charge on any atom is 0.506 e. The minimum absolute atomic E-state index is 0.136. The van der Waals surface area contributed by atoms with Crippen LogP contribution in [-0.2, 0) is 14.3 Å². The number of carboxylic acid groups (broad SMARTS) is 1. The fraction of sp³-hybridized carbons (Fsp3) is 0.556. The van der Waals surface area contributed by atoms with Crippen LogP contribution in [0.25, 0.3) is 0 Å². The highest BCUT2D eigenvalue weighted by molar-refractivity contribution is 5.81. The Bertz CT molecular complexity index is 211. The highest BCUT2D eigenvalue weighted by atomic mass is 16.7. The van der Waals surface area contributed by atoms with E-state index in [9.17, 15) is 9.59 Å². The largest absolute Gasteiger partial charge is 0.506 e. The molecule has 0 bridgehead atoms. The van der Waals surface area contributed by atoms with Gasteiger partial charge in [-0.25, -0.2) is 9.59 Å². The van der Waals surface area contributed by atoms with Crippen LogP contribution in [-0.4, -0.2) is 29.9 Å². The monoisotopic (exact) mass is 202 g/mol. The maximum atomic E-state index is 10.6. The first kappa shape index (κ1) is 12.5. The van der Waals surface area contributed by atoms with Crippen molar-refractivity contribution < 1.29 is 24.2 Å². The Hall–Kier alpha value is -1.52. The van der Waals surface area contributed by atoms with Crippen LogP contribution >= 0.6 is 0 Å². The minimum Gasteiger partial charge on any atom is -0.462 e. The van der Waals surface area contributed by atoms with E-state index in [-0.39, 0.29) is 6.61 Å². The Kier molecular flexibility index (Phi) is 6.19. The van der Waals surface area contributed by atoms with Crippen LogP contribution in [0, 0.1) is 0 Å². The Morgan fingerprint density at radius 3 is 2.64 bits per heavy atom. The number of carbonyl (C=O) groups is 2. The molecule has 14 heavy (non-hydrogen) atoms. The summed E-state index contributed by atoms with van der Waals surface area (Å²) in [6, 6.07) is 0. The van der Waals surface area contributed by atoms with Gasteiger partial charge in [-0.1, -0.05) is 13.5 Å². The molecule has 0 aromatic heterocycles. The van der Waals surface area contributed by atoms with E-state index in [4.69, 9.17) is 5.11 Å². The highest BCUT2D eigenvalue weighted by Crippen LogP contribution is 2.04. The Labute approximate surface area is 82.3 Å². The van der Waals surface area contributed by atoms with E-state index in [1.54, 1.807) is 6.92 Å². The van der Waals surface area contributed by atoms with Crippen molar-refractivity contribution in [3.63, 3.8) is 0 Å². The molecule has 0 spiro atoms. The molecule has 0 aliphatic carbocycles. The van der Waals surface area contributed by atoms with E-state index in [1.165, 1.54) is 0 Å². The second kappa shape index (κ2) is 6.94. The van der Waals surface area contributed by atoms with E-state index in [0.717, 1.165) is 6.08 Å². The van der Waals surface area contributed by atoms with Crippen LogP contribution in [0.5, 0.6) is 0 Å². The topological polar surface area (TPSA) is 72.8 Å². The predicted molar refractivity (Wildman–Crippen MR) is 49.0 cm³/mol. The molecule has 0 heterocycles. The molecular formula is C9H14O5. The number of esters is 1. The first-order chi connectivity index (χ1) is 6.60. The van der Waals surface area contributed by atoms with Crippen LogP contribution in [0.15, 0.2) is 12.7 Å². The van der Waals surface area contributed by atoms with Crippen molar-refractivity contribution in [1.82, 2.24) is 0 Å². The zero-order valence-corrected chi connectivity index (χ0v) is 8.06. The summed E-state index contributed by atoms with van der Waals surface area (Å²) in [7, 11) is 0. The summed E-state index contributed by atoms with van der Waals surface area (Å²) >= 11 is 0. The van der Waals surface area contributed by atoms with Gasteiger partial charge < -0.3 is 14.6 Å². The van der Waals surface area contributed by atoms with Gasteiger partial charge in [-0.15, -0.1) is 0 Å². The summed E-state index contributed by atoms with van der Waals surface area (Å²) in [5.41, 5.74) is 0. The average molecular weight is 202 g/mol. The lowest BCUT2D eigenvalue weighted by atomic mass is 10.2. The molecule has 0 fully saturated rings. The van der Waals surface area contributed by atoms with Gasteiger partial charge in [0.05, 0.1) is 6.61 Å². The van der Waals surface area contributed by atoms with Crippen LogP contribution in [0.3, 0.4) is 0 Å². The molecule has 80 valence electrons. The number of ether oxygens (including phenoxy) is 2. The predicted octanol–water partition coefficient (Wildman–Crippen LogP) is 1.58. The molecule has 0 saturated carbocycles. The molecule has 0 aromatic carbocycles. The Morgan fingerprint density at radius 2 is 2.21 bits per heavy atom. The molecule has 0 radical (unpaired) electrons. The van der Waals surface area contributed by atoms with Crippen molar-refractivity contribution >= 4 is 12.1 Å². The molecule has 1 atom stereocenters. The van der Waals surface area contributed by atoms with E-state index in [1.807, 2.05) is 0 Å². The molecule has 0 aliphatic rings. The molecular weight excluding hydrogens is 188 g/mol. The van der Waals surface area contributed by atoms with Gasteiger partial charge >= 0.3 is 12.1 Å². The van der Waals surface area contributed by atoms with E-state index < -0.39 is 18.2 Å². The van der Waals surface area contributed by atoms with E-state index in [0.29, 0.717) is 12.8 Å². The first-order valence-corrected chi connectivity index (χ1v) is 4.29. The zero-order valence-electron chi connectivity index (χ0n) is 8.06. The summed E-state index contributed by atoms with van der Waals surface area (Å²) in [5, 5.41) is 8.32.